The van der Waals surface area contributed by atoms with Crippen LogP contribution in [0.15, 0.2) is 69.1 Å². The number of rotatable bonds is 6. The summed E-state index contributed by atoms with van der Waals surface area (Å²) >= 11 is 0. The second-order valence-electron chi connectivity index (χ2n) is 18.9. The average molecular weight is 676 g/mol. The van der Waals surface area contributed by atoms with Crippen LogP contribution >= 0.6 is 8.67 Å². The molecule has 6 heteroatoms. The molecule has 0 bridgehead atoms. The predicted molar refractivity (Wildman–Crippen MR) is 205 cm³/mol. The number of likely N-dealkylation sites (N-methyl/N-ethyl adjacent to an activating group) is 1. The minimum absolute atomic E-state index is 0.119. The number of hydrogen-bond acceptors (Lipinski definition) is 5. The van der Waals surface area contributed by atoms with E-state index in [1.165, 1.54) is 0 Å². The summed E-state index contributed by atoms with van der Waals surface area (Å²) in [6, 6.07) is 20.5. The molecule has 0 saturated carbocycles. The Morgan fingerprint density at radius 1 is 0.646 bits per heavy atom. The van der Waals surface area contributed by atoms with Gasteiger partial charge in [0.15, 0.2) is 0 Å². The SMILES string of the molecule is CN(Cc1cccc(C(C)(C)C)c1O)C(C(C)(C)C)(C(C)(C)C)C(Oc1ccc2o[pH]oc3ccccc3c2c1)(C(C)(C)C)C(C)(C)C. The molecule has 5 nitrogen and oxygen atoms in total. The first-order valence-electron chi connectivity index (χ1n) is 17.3. The summed E-state index contributed by atoms with van der Waals surface area (Å²) < 4.78 is 19.9. The third-order valence-electron chi connectivity index (χ3n) is 10.4. The summed E-state index contributed by atoms with van der Waals surface area (Å²) in [5, 5.41) is 13.7. The number of nitrogens with zero attached hydrogens (tertiary/aromatic N) is 1. The van der Waals surface area contributed by atoms with E-state index in [2.05, 4.69) is 146 Å². The molecule has 48 heavy (non-hydrogen) atoms. The Labute approximate surface area is 292 Å². The molecule has 0 amide bonds. The van der Waals surface area contributed by atoms with E-state index in [9.17, 15) is 5.11 Å². The molecule has 0 fully saturated rings. The summed E-state index contributed by atoms with van der Waals surface area (Å²) in [6.07, 6.45) is 0. The highest BCUT2D eigenvalue weighted by atomic mass is 31.1. The van der Waals surface area contributed by atoms with Crippen LogP contribution in [0.25, 0.3) is 21.9 Å². The Bertz CT molecular complexity index is 1760. The topological polar surface area (TPSA) is 59.0 Å². The zero-order valence-corrected chi connectivity index (χ0v) is 33.6. The van der Waals surface area contributed by atoms with Gasteiger partial charge in [0.25, 0.3) is 0 Å². The molecule has 3 aromatic carbocycles. The Hall–Kier alpha value is -2.88. The van der Waals surface area contributed by atoms with E-state index in [1.807, 2.05) is 30.3 Å². The Morgan fingerprint density at radius 3 is 1.71 bits per heavy atom. The maximum Gasteiger partial charge on any atom is 0.201 e. The van der Waals surface area contributed by atoms with Gasteiger partial charge in [0.05, 0.1) is 5.54 Å². The van der Waals surface area contributed by atoms with Crippen LogP contribution in [0.3, 0.4) is 0 Å². The summed E-state index contributed by atoms with van der Waals surface area (Å²) in [5.41, 5.74) is 0.493. The molecule has 0 aliphatic heterocycles. The molecule has 1 atom stereocenters. The number of phenolic OH excluding ortho intramolecular Hbond substituents is 1. The van der Waals surface area contributed by atoms with E-state index >= 15 is 0 Å². The molecule has 1 N–H and O–H groups in total. The van der Waals surface area contributed by atoms with Gasteiger partial charge in [-0.1, -0.05) is 140 Å². The van der Waals surface area contributed by atoms with E-state index in [4.69, 9.17) is 13.1 Å². The summed E-state index contributed by atoms with van der Waals surface area (Å²) in [4.78, 5) is 2.50. The maximum atomic E-state index is 11.7. The lowest BCUT2D eigenvalue weighted by Gasteiger charge is -2.73. The fourth-order valence-electron chi connectivity index (χ4n) is 9.82. The number of phenols is 1. The lowest BCUT2D eigenvalue weighted by molar-refractivity contribution is -0.276. The first-order chi connectivity index (χ1) is 21.8. The standard InChI is InChI=1S/C42H62NO4P/c1-36(2,3)32-22-19-20-28(35(32)44)27-43(16)41(37(4,5)6,38(7,8)9)42(39(10,11)12,40(13,14)15)45-29-24-25-34-31(26-29)30-21-17-18-23-33(30)46-48-47-34/h17-26,44,48H,27H2,1-16H3. The van der Waals surface area contributed by atoms with E-state index in [-0.39, 0.29) is 35.7 Å². The van der Waals surface area contributed by atoms with Crippen molar-refractivity contribution >= 4 is 30.6 Å². The third-order valence-corrected chi connectivity index (χ3v) is 11.0. The predicted octanol–water partition coefficient (Wildman–Crippen LogP) is 12.5. The van der Waals surface area contributed by atoms with E-state index in [0.717, 1.165) is 38.8 Å². The van der Waals surface area contributed by atoms with Crippen molar-refractivity contribution in [3.05, 3.63) is 71.8 Å². The van der Waals surface area contributed by atoms with E-state index < -0.39 is 11.1 Å². The molecule has 1 aromatic heterocycles. The molecule has 0 aliphatic rings. The number of aromatic hydroxyl groups is 1. The number of ether oxygens (including phenoxy) is 1. The molecule has 4 rings (SSSR count). The van der Waals surface area contributed by atoms with Crippen LogP contribution in [0.1, 0.15) is 115 Å². The fraction of sp³-hybridized carbons (Fsp3) is 0.571. The van der Waals surface area contributed by atoms with E-state index in [0.29, 0.717) is 12.3 Å². The fourth-order valence-corrected chi connectivity index (χ4v) is 10.4. The highest BCUT2D eigenvalue weighted by Gasteiger charge is 2.74. The first kappa shape index (κ1) is 37.9. The van der Waals surface area contributed by atoms with Crippen molar-refractivity contribution in [3.63, 3.8) is 0 Å². The highest BCUT2D eigenvalue weighted by Crippen LogP contribution is 2.66. The Balaban J connectivity index is 2.11. The minimum atomic E-state index is -0.799. The van der Waals surface area contributed by atoms with Crippen LogP contribution in [-0.2, 0) is 12.0 Å². The molecule has 0 spiro atoms. The van der Waals surface area contributed by atoms with Crippen molar-refractivity contribution in [2.24, 2.45) is 21.7 Å². The van der Waals surface area contributed by atoms with Gasteiger partial charge in [0.2, 0.25) is 8.67 Å². The number of para-hydroxylation sites is 2. The quantitative estimate of drug-likeness (QED) is 0.220. The zero-order valence-electron chi connectivity index (χ0n) is 32.6. The average Bonchev–Trinajstić information content (AvgIpc) is 3.09. The molecule has 0 aliphatic carbocycles. The molecule has 4 aromatic rings. The van der Waals surface area contributed by atoms with Gasteiger partial charge < -0.3 is 18.2 Å². The summed E-state index contributed by atoms with van der Waals surface area (Å²) in [6.45, 7) is 35.1. The van der Waals surface area contributed by atoms with Gasteiger partial charge in [-0.05, 0) is 53.1 Å². The molecule has 1 unspecified atom stereocenters. The van der Waals surface area contributed by atoms with Crippen molar-refractivity contribution in [2.45, 2.75) is 127 Å². The number of fused-ring (bicyclic) bond motifs is 3. The lowest BCUT2D eigenvalue weighted by atomic mass is 9.41. The van der Waals surface area contributed by atoms with Gasteiger partial charge in [-0.15, -0.1) is 0 Å². The zero-order chi connectivity index (χ0) is 36.3. The molecule has 0 saturated heterocycles. The van der Waals surface area contributed by atoms with Crippen LogP contribution in [0.4, 0.5) is 0 Å². The second-order valence-corrected chi connectivity index (χ2v) is 19.4. The van der Waals surface area contributed by atoms with Crippen molar-refractivity contribution < 1.29 is 18.2 Å². The van der Waals surface area contributed by atoms with Crippen molar-refractivity contribution in [1.82, 2.24) is 4.90 Å². The van der Waals surface area contributed by atoms with Gasteiger partial charge in [-0.2, -0.15) is 0 Å². The summed E-state index contributed by atoms with van der Waals surface area (Å²) in [7, 11) is 2.11. The first-order valence-corrected chi connectivity index (χ1v) is 18.2. The third kappa shape index (κ3) is 6.20. The highest BCUT2D eigenvalue weighted by molar-refractivity contribution is 7.15. The second kappa shape index (κ2) is 12.5. The van der Waals surface area contributed by atoms with Crippen LogP contribution in [0.2, 0.25) is 0 Å². The molecular formula is C42H62NO4P. The number of hydrogen-bond donors (Lipinski definition) is 1. The van der Waals surface area contributed by atoms with E-state index in [1.54, 1.807) is 0 Å². The van der Waals surface area contributed by atoms with Gasteiger partial charge in [0.1, 0.15) is 28.3 Å². The van der Waals surface area contributed by atoms with Crippen LogP contribution in [0, 0.1) is 21.7 Å². The van der Waals surface area contributed by atoms with Crippen molar-refractivity contribution in [1.29, 1.82) is 0 Å². The van der Waals surface area contributed by atoms with Crippen LogP contribution < -0.4 is 4.74 Å². The van der Waals surface area contributed by atoms with Crippen LogP contribution in [0.5, 0.6) is 11.5 Å². The lowest BCUT2D eigenvalue weighted by Crippen LogP contribution is -2.83. The minimum Gasteiger partial charge on any atom is -0.507 e. The monoisotopic (exact) mass is 675 g/mol. The largest absolute Gasteiger partial charge is 0.507 e. The summed E-state index contributed by atoms with van der Waals surface area (Å²) in [5.74, 6) is 1.16. The Morgan fingerprint density at radius 2 is 1.19 bits per heavy atom. The molecular weight excluding hydrogens is 613 g/mol. The van der Waals surface area contributed by atoms with Gasteiger partial charge in [-0.25, -0.2) is 0 Å². The maximum absolute atomic E-state index is 11.7. The molecule has 0 radical (unpaired) electrons. The number of benzene rings is 3. The smallest absolute Gasteiger partial charge is 0.201 e. The normalized spacial score (nSPS) is 14.4. The van der Waals surface area contributed by atoms with Crippen LogP contribution in [-0.4, -0.2) is 28.2 Å². The van der Waals surface area contributed by atoms with Gasteiger partial charge >= 0.3 is 0 Å². The molecule has 1 heterocycles. The van der Waals surface area contributed by atoms with Crippen molar-refractivity contribution in [2.75, 3.05) is 7.05 Å². The van der Waals surface area contributed by atoms with Gasteiger partial charge in [-0.3, -0.25) is 4.90 Å². The Kier molecular flexibility index (Phi) is 9.85. The van der Waals surface area contributed by atoms with Crippen molar-refractivity contribution in [3.8, 4) is 11.5 Å². The molecule has 264 valence electrons. The van der Waals surface area contributed by atoms with Gasteiger partial charge in [0, 0.05) is 33.7 Å².